The fourth-order valence-electron chi connectivity index (χ4n) is 3.54. The predicted octanol–water partition coefficient (Wildman–Crippen LogP) is 2.15. The fraction of sp³-hybridized carbons (Fsp3) is 0.875. The van der Waals surface area contributed by atoms with Gasteiger partial charge in [-0.05, 0) is 31.1 Å². The van der Waals surface area contributed by atoms with Crippen LogP contribution in [-0.4, -0.2) is 47.7 Å². The van der Waals surface area contributed by atoms with Crippen LogP contribution in [0.5, 0.6) is 0 Å². The van der Waals surface area contributed by atoms with Gasteiger partial charge in [-0.1, -0.05) is 26.7 Å². The third-order valence-corrected chi connectivity index (χ3v) is 5.03. The van der Waals surface area contributed by atoms with Gasteiger partial charge >= 0.3 is 5.97 Å². The Kier molecular flexibility index (Phi) is 5.62. The first-order valence-electron chi connectivity index (χ1n) is 8.11. The molecule has 5 nitrogen and oxygen atoms in total. The van der Waals surface area contributed by atoms with Gasteiger partial charge in [0.15, 0.2) is 0 Å². The van der Waals surface area contributed by atoms with Crippen LogP contribution in [0.1, 0.15) is 46.0 Å². The van der Waals surface area contributed by atoms with E-state index in [9.17, 15) is 9.59 Å². The zero-order valence-corrected chi connectivity index (χ0v) is 13.1. The molecule has 0 aromatic heterocycles. The second-order valence-corrected chi connectivity index (χ2v) is 6.66. The van der Waals surface area contributed by atoms with Crippen LogP contribution in [0.4, 0.5) is 0 Å². The standard InChI is InChI=1S/C16H27NO4/c1-11-5-3-4-6-14(11)21-10-15(18)17-8-7-13(16(19)20)12(2)9-17/h11-14H,3-10H2,1-2H3,(H,19,20). The zero-order valence-electron chi connectivity index (χ0n) is 13.1. The molecule has 2 aliphatic rings. The highest BCUT2D eigenvalue weighted by Gasteiger charge is 2.33. The van der Waals surface area contributed by atoms with Gasteiger partial charge in [-0.3, -0.25) is 9.59 Å². The Morgan fingerprint density at radius 3 is 2.48 bits per heavy atom. The molecule has 1 saturated heterocycles. The molecular formula is C16H27NO4. The Balaban J connectivity index is 1.77. The molecule has 4 unspecified atom stereocenters. The van der Waals surface area contributed by atoms with Gasteiger partial charge in [-0.25, -0.2) is 0 Å². The molecule has 1 saturated carbocycles. The summed E-state index contributed by atoms with van der Waals surface area (Å²) in [7, 11) is 0. The van der Waals surface area contributed by atoms with E-state index in [2.05, 4.69) is 6.92 Å². The van der Waals surface area contributed by atoms with Crippen LogP contribution < -0.4 is 0 Å². The minimum absolute atomic E-state index is 0.00321. The summed E-state index contributed by atoms with van der Waals surface area (Å²) in [6.07, 6.45) is 5.42. The average molecular weight is 297 g/mol. The first kappa shape index (κ1) is 16.3. The summed E-state index contributed by atoms with van der Waals surface area (Å²) in [5.41, 5.74) is 0. The highest BCUT2D eigenvalue weighted by molar-refractivity contribution is 5.78. The molecule has 1 heterocycles. The molecule has 4 atom stereocenters. The van der Waals surface area contributed by atoms with Crippen molar-refractivity contribution in [3.8, 4) is 0 Å². The van der Waals surface area contributed by atoms with Crippen LogP contribution in [-0.2, 0) is 14.3 Å². The summed E-state index contributed by atoms with van der Waals surface area (Å²) < 4.78 is 5.81. The van der Waals surface area contributed by atoms with E-state index in [1.165, 1.54) is 19.3 Å². The van der Waals surface area contributed by atoms with Gasteiger partial charge in [-0.15, -0.1) is 0 Å². The maximum absolute atomic E-state index is 12.2. The second kappa shape index (κ2) is 7.25. The zero-order chi connectivity index (χ0) is 15.4. The van der Waals surface area contributed by atoms with Crippen LogP contribution in [0.2, 0.25) is 0 Å². The molecule has 1 aliphatic heterocycles. The molecule has 0 radical (unpaired) electrons. The molecule has 0 spiro atoms. The minimum atomic E-state index is -0.748. The Morgan fingerprint density at radius 1 is 1.14 bits per heavy atom. The van der Waals surface area contributed by atoms with E-state index in [0.29, 0.717) is 25.4 Å². The highest BCUT2D eigenvalue weighted by Crippen LogP contribution is 2.27. The van der Waals surface area contributed by atoms with E-state index in [0.717, 1.165) is 6.42 Å². The van der Waals surface area contributed by atoms with Crippen molar-refractivity contribution in [2.24, 2.45) is 17.8 Å². The van der Waals surface area contributed by atoms with E-state index in [1.54, 1.807) is 4.90 Å². The number of carbonyl (C=O) groups is 2. The topological polar surface area (TPSA) is 66.8 Å². The number of amides is 1. The summed E-state index contributed by atoms with van der Waals surface area (Å²) in [6.45, 7) is 5.29. The van der Waals surface area contributed by atoms with Gasteiger partial charge in [0, 0.05) is 13.1 Å². The number of hydrogen-bond acceptors (Lipinski definition) is 3. The summed E-state index contributed by atoms with van der Waals surface area (Å²) in [5.74, 6) is -0.532. The minimum Gasteiger partial charge on any atom is -0.481 e. The van der Waals surface area contributed by atoms with Crippen molar-refractivity contribution in [1.82, 2.24) is 4.90 Å². The molecule has 2 fully saturated rings. The Morgan fingerprint density at radius 2 is 1.86 bits per heavy atom. The maximum atomic E-state index is 12.2. The lowest BCUT2D eigenvalue weighted by Crippen LogP contribution is -2.46. The molecule has 1 N–H and O–H groups in total. The fourth-order valence-corrected chi connectivity index (χ4v) is 3.54. The Labute approximate surface area is 126 Å². The van der Waals surface area contributed by atoms with Crippen molar-refractivity contribution in [2.45, 2.75) is 52.1 Å². The average Bonchev–Trinajstić information content (AvgIpc) is 2.45. The molecule has 1 amide bonds. The highest BCUT2D eigenvalue weighted by atomic mass is 16.5. The monoisotopic (exact) mass is 297 g/mol. The molecular weight excluding hydrogens is 270 g/mol. The van der Waals surface area contributed by atoms with Crippen molar-refractivity contribution in [3.05, 3.63) is 0 Å². The third kappa shape index (κ3) is 4.19. The molecule has 0 aromatic rings. The quantitative estimate of drug-likeness (QED) is 0.863. The second-order valence-electron chi connectivity index (χ2n) is 6.66. The van der Waals surface area contributed by atoms with Gasteiger partial charge < -0.3 is 14.7 Å². The summed E-state index contributed by atoms with van der Waals surface area (Å²) in [6, 6.07) is 0. The Hall–Kier alpha value is -1.10. The van der Waals surface area contributed by atoms with Crippen molar-refractivity contribution in [1.29, 1.82) is 0 Å². The number of carboxylic acids is 1. The van der Waals surface area contributed by atoms with E-state index in [1.807, 2.05) is 6.92 Å². The molecule has 1 aliphatic carbocycles. The number of hydrogen-bond donors (Lipinski definition) is 1. The molecule has 21 heavy (non-hydrogen) atoms. The molecule has 120 valence electrons. The number of nitrogens with zero attached hydrogens (tertiary/aromatic N) is 1. The number of piperidine rings is 1. The summed E-state index contributed by atoms with van der Waals surface area (Å²) >= 11 is 0. The SMILES string of the molecule is CC1CCCCC1OCC(=O)N1CCC(C(=O)O)C(C)C1. The van der Waals surface area contributed by atoms with Crippen LogP contribution >= 0.6 is 0 Å². The molecule has 2 rings (SSSR count). The molecule has 0 bridgehead atoms. The van der Waals surface area contributed by atoms with Crippen molar-refractivity contribution >= 4 is 11.9 Å². The van der Waals surface area contributed by atoms with Gasteiger partial charge in [0.25, 0.3) is 0 Å². The normalized spacial score (nSPS) is 33.7. The largest absolute Gasteiger partial charge is 0.481 e. The van der Waals surface area contributed by atoms with Gasteiger partial charge in [0.2, 0.25) is 5.91 Å². The number of carboxylic acid groups (broad SMARTS) is 1. The van der Waals surface area contributed by atoms with Gasteiger partial charge in [-0.2, -0.15) is 0 Å². The van der Waals surface area contributed by atoms with Crippen LogP contribution in [0.3, 0.4) is 0 Å². The van der Waals surface area contributed by atoms with Crippen LogP contribution in [0.25, 0.3) is 0 Å². The van der Waals surface area contributed by atoms with Crippen LogP contribution in [0.15, 0.2) is 0 Å². The van der Waals surface area contributed by atoms with E-state index in [4.69, 9.17) is 9.84 Å². The lowest BCUT2D eigenvalue weighted by Gasteiger charge is -2.35. The van der Waals surface area contributed by atoms with E-state index >= 15 is 0 Å². The van der Waals surface area contributed by atoms with Crippen molar-refractivity contribution in [3.63, 3.8) is 0 Å². The summed E-state index contributed by atoms with van der Waals surface area (Å²) in [4.78, 5) is 25.1. The predicted molar refractivity (Wildman–Crippen MR) is 78.9 cm³/mol. The third-order valence-electron chi connectivity index (χ3n) is 5.03. The maximum Gasteiger partial charge on any atom is 0.306 e. The van der Waals surface area contributed by atoms with Crippen molar-refractivity contribution < 1.29 is 19.4 Å². The van der Waals surface area contributed by atoms with Crippen molar-refractivity contribution in [2.75, 3.05) is 19.7 Å². The van der Waals surface area contributed by atoms with Gasteiger partial charge in [0.1, 0.15) is 6.61 Å². The lowest BCUT2D eigenvalue weighted by molar-refractivity contribution is -0.150. The number of rotatable bonds is 4. The van der Waals surface area contributed by atoms with Crippen LogP contribution in [0, 0.1) is 17.8 Å². The first-order valence-corrected chi connectivity index (χ1v) is 8.11. The van der Waals surface area contributed by atoms with Gasteiger partial charge in [0.05, 0.1) is 12.0 Å². The number of likely N-dealkylation sites (tertiary alicyclic amines) is 1. The molecule has 0 aromatic carbocycles. The Bertz CT molecular complexity index is 384. The smallest absolute Gasteiger partial charge is 0.306 e. The lowest BCUT2D eigenvalue weighted by atomic mass is 9.87. The number of ether oxygens (including phenoxy) is 1. The van der Waals surface area contributed by atoms with E-state index < -0.39 is 5.97 Å². The number of aliphatic carboxylic acids is 1. The number of carbonyl (C=O) groups excluding carboxylic acids is 1. The molecule has 5 heteroatoms. The van der Waals surface area contributed by atoms with E-state index in [-0.39, 0.29) is 30.5 Å². The first-order chi connectivity index (χ1) is 9.99. The summed E-state index contributed by atoms with van der Waals surface area (Å²) in [5, 5.41) is 9.11.